The molecule has 0 fully saturated rings. The molecule has 0 aromatic rings. The Morgan fingerprint density at radius 3 is 2.44 bits per heavy atom. The topological polar surface area (TPSA) is 26.3 Å². The number of unbranched alkanes of at least 4 members (excludes halogenated alkanes) is 5. The summed E-state index contributed by atoms with van der Waals surface area (Å²) >= 11 is 2.33. The Morgan fingerprint density at radius 2 is 1.81 bits per heavy atom. The minimum Gasteiger partial charge on any atom is -0.466 e. The molecular weight excluding hydrogens is 315 g/mol. The van der Waals surface area contributed by atoms with Gasteiger partial charge in [0.2, 0.25) is 0 Å². The molecule has 0 aliphatic heterocycles. The third kappa shape index (κ3) is 12.3. The number of carbonyl (C=O) groups is 1. The third-order valence-corrected chi connectivity index (χ3v) is 3.13. The largest absolute Gasteiger partial charge is 0.466 e. The smallest absolute Gasteiger partial charge is 0.305 e. The third-order valence-electron chi connectivity index (χ3n) is 2.51. The van der Waals surface area contributed by atoms with Crippen LogP contribution in [0.1, 0.15) is 65.2 Å². The van der Waals surface area contributed by atoms with Crippen molar-refractivity contribution in [3.05, 3.63) is 0 Å². The van der Waals surface area contributed by atoms with Crippen LogP contribution in [0.5, 0.6) is 0 Å². The van der Waals surface area contributed by atoms with Gasteiger partial charge in [0.25, 0.3) is 0 Å². The first-order valence-corrected chi connectivity index (χ1v) is 7.71. The molecule has 2 nitrogen and oxygen atoms in total. The summed E-state index contributed by atoms with van der Waals surface area (Å²) in [5, 5.41) is 0. The van der Waals surface area contributed by atoms with E-state index in [9.17, 15) is 4.79 Å². The van der Waals surface area contributed by atoms with Crippen LogP contribution >= 0.6 is 22.6 Å². The van der Waals surface area contributed by atoms with Crippen molar-refractivity contribution in [2.75, 3.05) is 6.61 Å². The molecule has 0 aliphatic carbocycles. The number of hydrogen-bond acceptors (Lipinski definition) is 2. The molecule has 1 unspecified atom stereocenters. The van der Waals surface area contributed by atoms with Crippen molar-refractivity contribution >= 4 is 28.6 Å². The summed E-state index contributed by atoms with van der Waals surface area (Å²) in [5.41, 5.74) is 0. The summed E-state index contributed by atoms with van der Waals surface area (Å²) in [4.78, 5) is 11.3. The summed E-state index contributed by atoms with van der Waals surface area (Å²) in [6.07, 6.45) is 8.91. The van der Waals surface area contributed by atoms with E-state index in [1.54, 1.807) is 0 Å². The van der Waals surface area contributed by atoms with Crippen molar-refractivity contribution in [1.29, 1.82) is 0 Å². The van der Waals surface area contributed by atoms with E-state index in [2.05, 4.69) is 36.4 Å². The SMILES string of the molecule is CCCCCCCCOC(=O)CCC(C)I. The van der Waals surface area contributed by atoms with Gasteiger partial charge < -0.3 is 4.74 Å². The van der Waals surface area contributed by atoms with Gasteiger partial charge in [-0.05, 0) is 12.8 Å². The summed E-state index contributed by atoms with van der Waals surface area (Å²) in [7, 11) is 0. The van der Waals surface area contributed by atoms with Crippen LogP contribution in [0, 0.1) is 0 Å². The van der Waals surface area contributed by atoms with Crippen LogP contribution in [0.25, 0.3) is 0 Å². The lowest BCUT2D eigenvalue weighted by Gasteiger charge is -2.05. The highest BCUT2D eigenvalue weighted by Crippen LogP contribution is 2.08. The molecule has 0 N–H and O–H groups in total. The number of esters is 1. The zero-order valence-electron chi connectivity index (χ0n) is 10.6. The lowest BCUT2D eigenvalue weighted by atomic mass is 10.1. The van der Waals surface area contributed by atoms with Crippen molar-refractivity contribution in [2.45, 2.75) is 69.1 Å². The zero-order valence-corrected chi connectivity index (χ0v) is 12.8. The average molecular weight is 340 g/mol. The average Bonchev–Trinajstić information content (AvgIpc) is 2.25. The maximum atomic E-state index is 11.3. The van der Waals surface area contributed by atoms with Crippen LogP contribution in [0.15, 0.2) is 0 Å². The Morgan fingerprint density at radius 1 is 1.19 bits per heavy atom. The van der Waals surface area contributed by atoms with E-state index < -0.39 is 0 Å². The van der Waals surface area contributed by atoms with Crippen molar-refractivity contribution in [2.24, 2.45) is 0 Å². The van der Waals surface area contributed by atoms with Crippen LogP contribution < -0.4 is 0 Å². The second-order valence-corrected chi connectivity index (χ2v) is 6.43. The molecule has 0 aromatic carbocycles. The number of halogens is 1. The highest BCUT2D eigenvalue weighted by Gasteiger charge is 2.04. The number of rotatable bonds is 10. The molecule has 0 spiro atoms. The standard InChI is InChI=1S/C13H25IO2/c1-3-4-5-6-7-8-11-16-13(15)10-9-12(2)14/h12H,3-11H2,1-2H3. The molecule has 0 saturated carbocycles. The van der Waals surface area contributed by atoms with Gasteiger partial charge in [0.05, 0.1) is 6.61 Å². The minimum absolute atomic E-state index is 0.0305. The van der Waals surface area contributed by atoms with Gasteiger partial charge in [-0.25, -0.2) is 0 Å². The summed E-state index contributed by atoms with van der Waals surface area (Å²) in [5.74, 6) is -0.0305. The number of hydrogen-bond donors (Lipinski definition) is 0. The Bertz CT molecular complexity index is 169. The van der Waals surface area contributed by atoms with Crippen molar-refractivity contribution in [3.63, 3.8) is 0 Å². The molecule has 0 aliphatic rings. The van der Waals surface area contributed by atoms with Gasteiger partial charge in [-0.15, -0.1) is 0 Å². The molecule has 0 radical (unpaired) electrons. The molecule has 96 valence electrons. The fourth-order valence-corrected chi connectivity index (χ4v) is 1.77. The molecular formula is C13H25IO2. The van der Waals surface area contributed by atoms with Gasteiger partial charge in [0.15, 0.2) is 0 Å². The number of alkyl halides is 1. The van der Waals surface area contributed by atoms with Crippen molar-refractivity contribution in [3.8, 4) is 0 Å². The normalized spacial score (nSPS) is 12.4. The van der Waals surface area contributed by atoms with Gasteiger partial charge >= 0.3 is 5.97 Å². The summed E-state index contributed by atoms with van der Waals surface area (Å²) in [6.45, 7) is 4.94. The van der Waals surface area contributed by atoms with Crippen LogP contribution in [0.2, 0.25) is 0 Å². The lowest BCUT2D eigenvalue weighted by Crippen LogP contribution is -2.07. The molecule has 0 aromatic heterocycles. The minimum atomic E-state index is -0.0305. The van der Waals surface area contributed by atoms with Gasteiger partial charge in [-0.1, -0.05) is 68.5 Å². The molecule has 0 saturated heterocycles. The van der Waals surface area contributed by atoms with Crippen LogP contribution in [-0.2, 0) is 9.53 Å². The highest BCUT2D eigenvalue weighted by molar-refractivity contribution is 14.1. The lowest BCUT2D eigenvalue weighted by molar-refractivity contribution is -0.143. The molecule has 0 rings (SSSR count). The molecule has 16 heavy (non-hydrogen) atoms. The molecule has 1 atom stereocenters. The number of carbonyl (C=O) groups excluding carboxylic acids is 1. The first-order chi connectivity index (χ1) is 7.66. The van der Waals surface area contributed by atoms with Crippen LogP contribution in [-0.4, -0.2) is 16.5 Å². The maximum absolute atomic E-state index is 11.3. The summed E-state index contributed by atoms with van der Waals surface area (Å²) in [6, 6.07) is 0. The zero-order chi connectivity index (χ0) is 12.2. The predicted molar refractivity (Wildman–Crippen MR) is 77.1 cm³/mol. The molecule has 3 heteroatoms. The Balaban J connectivity index is 3.15. The predicted octanol–water partition coefficient (Wildman–Crippen LogP) is 4.49. The van der Waals surface area contributed by atoms with E-state index in [0.717, 1.165) is 12.8 Å². The molecule has 0 heterocycles. The van der Waals surface area contributed by atoms with E-state index in [4.69, 9.17) is 4.74 Å². The first kappa shape index (κ1) is 16.2. The Labute approximate surface area is 114 Å². The van der Waals surface area contributed by atoms with Gasteiger partial charge in [-0.2, -0.15) is 0 Å². The van der Waals surface area contributed by atoms with Gasteiger partial charge in [-0.3, -0.25) is 4.79 Å². The van der Waals surface area contributed by atoms with Gasteiger partial charge in [0, 0.05) is 10.3 Å². The van der Waals surface area contributed by atoms with E-state index in [1.807, 2.05) is 0 Å². The van der Waals surface area contributed by atoms with E-state index >= 15 is 0 Å². The quantitative estimate of drug-likeness (QED) is 0.253. The fourth-order valence-electron chi connectivity index (χ4n) is 1.46. The first-order valence-electron chi connectivity index (χ1n) is 6.46. The Hall–Kier alpha value is 0.200. The van der Waals surface area contributed by atoms with E-state index in [1.165, 1.54) is 32.1 Å². The van der Waals surface area contributed by atoms with E-state index in [0.29, 0.717) is 17.0 Å². The van der Waals surface area contributed by atoms with E-state index in [-0.39, 0.29) is 5.97 Å². The second-order valence-electron chi connectivity index (χ2n) is 4.31. The maximum Gasteiger partial charge on any atom is 0.305 e. The van der Waals surface area contributed by atoms with Crippen molar-refractivity contribution in [1.82, 2.24) is 0 Å². The van der Waals surface area contributed by atoms with Gasteiger partial charge in [0.1, 0.15) is 0 Å². The van der Waals surface area contributed by atoms with Crippen LogP contribution in [0.4, 0.5) is 0 Å². The molecule has 0 amide bonds. The molecule has 0 bridgehead atoms. The summed E-state index contributed by atoms with van der Waals surface area (Å²) < 4.78 is 5.71. The highest BCUT2D eigenvalue weighted by atomic mass is 127. The number of ether oxygens (including phenoxy) is 1. The monoisotopic (exact) mass is 340 g/mol. The Kier molecular flexibility index (Phi) is 11.8. The van der Waals surface area contributed by atoms with Crippen molar-refractivity contribution < 1.29 is 9.53 Å². The fraction of sp³-hybridized carbons (Fsp3) is 0.923. The van der Waals surface area contributed by atoms with Crippen LogP contribution in [0.3, 0.4) is 0 Å². The second kappa shape index (κ2) is 11.7.